The van der Waals surface area contributed by atoms with E-state index in [1.54, 1.807) is 12.1 Å². The Kier molecular flexibility index (Phi) is 5.50. The highest BCUT2D eigenvalue weighted by Gasteiger charge is 2.43. The molecule has 0 saturated carbocycles. The number of hydrogen-bond acceptors (Lipinski definition) is 5. The van der Waals surface area contributed by atoms with Gasteiger partial charge in [0.25, 0.3) is 0 Å². The van der Waals surface area contributed by atoms with E-state index >= 15 is 0 Å². The lowest BCUT2D eigenvalue weighted by atomic mass is 10.1. The number of carbonyl (C=O) groups is 2. The van der Waals surface area contributed by atoms with E-state index in [4.69, 9.17) is 5.11 Å². The molecule has 8 nitrogen and oxygen atoms in total. The van der Waals surface area contributed by atoms with Gasteiger partial charge >= 0.3 is 5.97 Å². The molecule has 28 heavy (non-hydrogen) atoms. The van der Waals surface area contributed by atoms with Gasteiger partial charge in [-0.25, -0.2) is 13.2 Å². The van der Waals surface area contributed by atoms with Crippen LogP contribution in [0.3, 0.4) is 0 Å². The Bertz CT molecular complexity index is 986. The predicted octanol–water partition coefficient (Wildman–Crippen LogP) is 1.46. The quantitative estimate of drug-likeness (QED) is 0.693. The normalized spacial score (nSPS) is 20.1. The lowest BCUT2D eigenvalue weighted by Gasteiger charge is -2.23. The van der Waals surface area contributed by atoms with Crippen molar-refractivity contribution in [1.29, 1.82) is 0 Å². The summed E-state index contributed by atoms with van der Waals surface area (Å²) >= 11 is 0. The number of anilines is 1. The Morgan fingerprint density at radius 2 is 1.68 bits per heavy atom. The average Bonchev–Trinajstić information content (AvgIpc) is 3.05. The SMILES string of the molecule is Cc1ccc(S(=O)(=O)N2CC(O)CC2C(=O)Nc2ccc(C(=O)O)cc2)cc1. The Labute approximate surface area is 162 Å². The van der Waals surface area contributed by atoms with Crippen LogP contribution in [-0.2, 0) is 14.8 Å². The first-order valence-electron chi connectivity index (χ1n) is 8.59. The third kappa shape index (κ3) is 4.06. The van der Waals surface area contributed by atoms with Crippen LogP contribution in [0.1, 0.15) is 22.3 Å². The Morgan fingerprint density at radius 3 is 2.25 bits per heavy atom. The van der Waals surface area contributed by atoms with Crippen molar-refractivity contribution in [2.75, 3.05) is 11.9 Å². The average molecular weight is 404 g/mol. The minimum atomic E-state index is -3.96. The van der Waals surface area contributed by atoms with Gasteiger partial charge in [0.1, 0.15) is 6.04 Å². The number of hydrogen-bond donors (Lipinski definition) is 3. The predicted molar refractivity (Wildman–Crippen MR) is 102 cm³/mol. The van der Waals surface area contributed by atoms with Crippen molar-refractivity contribution in [1.82, 2.24) is 4.31 Å². The molecular formula is C19H20N2O6S. The van der Waals surface area contributed by atoms with Gasteiger partial charge in [-0.15, -0.1) is 0 Å². The van der Waals surface area contributed by atoms with E-state index in [9.17, 15) is 23.1 Å². The molecule has 2 aromatic rings. The maximum atomic E-state index is 12.9. The van der Waals surface area contributed by atoms with Gasteiger partial charge in [0.05, 0.1) is 16.6 Å². The number of carboxylic acid groups (broad SMARTS) is 1. The Hall–Kier alpha value is -2.75. The number of amides is 1. The van der Waals surface area contributed by atoms with Gasteiger partial charge < -0.3 is 15.5 Å². The van der Waals surface area contributed by atoms with E-state index in [0.29, 0.717) is 5.69 Å². The van der Waals surface area contributed by atoms with Gasteiger partial charge in [0, 0.05) is 18.7 Å². The smallest absolute Gasteiger partial charge is 0.335 e. The zero-order valence-electron chi connectivity index (χ0n) is 15.1. The second kappa shape index (κ2) is 7.70. The molecule has 1 aliphatic rings. The second-order valence-electron chi connectivity index (χ2n) is 6.66. The van der Waals surface area contributed by atoms with E-state index in [0.717, 1.165) is 9.87 Å². The zero-order valence-corrected chi connectivity index (χ0v) is 15.9. The van der Waals surface area contributed by atoms with Crippen LogP contribution in [0.15, 0.2) is 53.4 Å². The Morgan fingerprint density at radius 1 is 1.07 bits per heavy atom. The summed E-state index contributed by atoms with van der Waals surface area (Å²) in [5, 5.41) is 21.5. The lowest BCUT2D eigenvalue weighted by molar-refractivity contribution is -0.119. The van der Waals surface area contributed by atoms with Crippen LogP contribution in [0.25, 0.3) is 0 Å². The van der Waals surface area contributed by atoms with Gasteiger partial charge in [-0.05, 0) is 43.3 Å². The standard InChI is InChI=1S/C19H20N2O6S/c1-12-2-8-16(9-3-12)28(26,27)21-11-15(22)10-17(21)18(23)20-14-6-4-13(5-7-14)19(24)25/h2-9,15,17,22H,10-11H2,1H3,(H,20,23)(H,24,25). The molecular weight excluding hydrogens is 384 g/mol. The van der Waals surface area contributed by atoms with E-state index < -0.39 is 34.0 Å². The molecule has 2 unspecified atom stereocenters. The lowest BCUT2D eigenvalue weighted by Crippen LogP contribution is -2.43. The molecule has 0 bridgehead atoms. The largest absolute Gasteiger partial charge is 0.478 e. The van der Waals surface area contributed by atoms with Crippen molar-refractivity contribution in [3.63, 3.8) is 0 Å². The number of β-amino-alcohol motifs (C(OH)–C–C–N with tert-alkyl or cyclic N) is 1. The number of rotatable bonds is 5. The molecule has 1 heterocycles. The molecule has 1 saturated heterocycles. The van der Waals surface area contributed by atoms with Crippen LogP contribution in [0.2, 0.25) is 0 Å². The molecule has 9 heteroatoms. The maximum absolute atomic E-state index is 12.9. The molecule has 0 aromatic heterocycles. The second-order valence-corrected chi connectivity index (χ2v) is 8.56. The molecule has 2 atom stereocenters. The first-order valence-corrected chi connectivity index (χ1v) is 10.0. The van der Waals surface area contributed by atoms with Crippen LogP contribution < -0.4 is 5.32 Å². The van der Waals surface area contributed by atoms with Crippen molar-refractivity contribution in [3.8, 4) is 0 Å². The summed E-state index contributed by atoms with van der Waals surface area (Å²) in [6.45, 7) is 1.66. The van der Waals surface area contributed by atoms with Crippen LogP contribution >= 0.6 is 0 Å². The van der Waals surface area contributed by atoms with Gasteiger partial charge in [0.15, 0.2) is 0 Å². The molecule has 3 N–H and O–H groups in total. The van der Waals surface area contributed by atoms with Crippen molar-refractivity contribution in [2.45, 2.75) is 30.4 Å². The number of aliphatic hydroxyl groups excluding tert-OH is 1. The molecule has 0 radical (unpaired) electrons. The summed E-state index contributed by atoms with van der Waals surface area (Å²) in [5.41, 5.74) is 1.31. The summed E-state index contributed by atoms with van der Waals surface area (Å²) in [6, 6.07) is 10.7. The first-order chi connectivity index (χ1) is 13.2. The highest BCUT2D eigenvalue weighted by molar-refractivity contribution is 7.89. The number of aliphatic hydroxyl groups is 1. The highest BCUT2D eigenvalue weighted by atomic mass is 32.2. The highest BCUT2D eigenvalue weighted by Crippen LogP contribution is 2.27. The third-order valence-electron chi connectivity index (χ3n) is 4.56. The fourth-order valence-electron chi connectivity index (χ4n) is 3.06. The molecule has 1 fully saturated rings. The fraction of sp³-hybridized carbons (Fsp3) is 0.263. The minimum Gasteiger partial charge on any atom is -0.478 e. The summed E-state index contributed by atoms with van der Waals surface area (Å²) in [7, 11) is -3.96. The van der Waals surface area contributed by atoms with Crippen LogP contribution in [0.4, 0.5) is 5.69 Å². The number of nitrogens with one attached hydrogen (secondary N) is 1. The summed E-state index contributed by atoms with van der Waals surface area (Å²) in [6.07, 6.45) is -0.977. The van der Waals surface area contributed by atoms with Crippen LogP contribution in [0.5, 0.6) is 0 Å². The molecule has 148 valence electrons. The first kappa shape index (κ1) is 20.0. The molecule has 3 rings (SSSR count). The van der Waals surface area contributed by atoms with E-state index in [2.05, 4.69) is 5.32 Å². The topological polar surface area (TPSA) is 124 Å². The number of sulfonamides is 1. The van der Waals surface area contributed by atoms with E-state index in [1.165, 1.54) is 36.4 Å². The Balaban J connectivity index is 1.82. The number of carbonyl (C=O) groups excluding carboxylic acids is 1. The molecule has 1 amide bonds. The van der Waals surface area contributed by atoms with Crippen molar-refractivity contribution in [2.24, 2.45) is 0 Å². The number of carboxylic acids is 1. The van der Waals surface area contributed by atoms with Crippen molar-refractivity contribution >= 4 is 27.6 Å². The fourth-order valence-corrected chi connectivity index (χ4v) is 4.69. The molecule has 2 aromatic carbocycles. The molecule has 1 aliphatic heterocycles. The van der Waals surface area contributed by atoms with Gasteiger partial charge in [-0.3, -0.25) is 4.79 Å². The van der Waals surface area contributed by atoms with Crippen LogP contribution in [-0.4, -0.2) is 53.5 Å². The van der Waals surface area contributed by atoms with Crippen LogP contribution in [0, 0.1) is 6.92 Å². The minimum absolute atomic E-state index is 0.0237. The molecule has 0 aliphatic carbocycles. The summed E-state index contributed by atoms with van der Waals surface area (Å²) in [4.78, 5) is 23.6. The number of nitrogens with zero attached hydrogens (tertiary/aromatic N) is 1. The van der Waals surface area contributed by atoms with Gasteiger partial charge in [0.2, 0.25) is 15.9 Å². The monoisotopic (exact) mass is 404 g/mol. The van der Waals surface area contributed by atoms with Crippen molar-refractivity contribution in [3.05, 3.63) is 59.7 Å². The summed E-state index contributed by atoms with van der Waals surface area (Å²) < 4.78 is 26.9. The van der Waals surface area contributed by atoms with Crippen molar-refractivity contribution < 1.29 is 28.2 Å². The van der Waals surface area contributed by atoms with E-state index in [-0.39, 0.29) is 23.4 Å². The number of benzene rings is 2. The number of aryl methyl sites for hydroxylation is 1. The maximum Gasteiger partial charge on any atom is 0.335 e. The number of aromatic carboxylic acids is 1. The van der Waals surface area contributed by atoms with Gasteiger partial charge in [-0.2, -0.15) is 4.31 Å². The molecule has 0 spiro atoms. The van der Waals surface area contributed by atoms with Gasteiger partial charge in [-0.1, -0.05) is 17.7 Å². The third-order valence-corrected chi connectivity index (χ3v) is 6.45. The summed E-state index contributed by atoms with van der Waals surface area (Å²) in [5.74, 6) is -1.68. The zero-order chi connectivity index (χ0) is 20.5. The van der Waals surface area contributed by atoms with E-state index in [1.807, 2.05) is 6.92 Å².